The molecule has 0 radical (unpaired) electrons. The number of ether oxygens (including phenoxy) is 1. The third kappa shape index (κ3) is 18.2. The number of carboxylic acid groups (broad SMARTS) is 1. The van der Waals surface area contributed by atoms with E-state index in [1.54, 1.807) is 0 Å². The van der Waals surface area contributed by atoms with Crippen molar-refractivity contribution in [2.45, 2.75) is 0 Å². The van der Waals surface area contributed by atoms with Gasteiger partial charge in [-0.15, -0.1) is 0 Å². The number of aliphatic hydroxyl groups is 1. The number of rotatable bonds is 1. The highest BCUT2D eigenvalue weighted by atomic mass is 16.6. The van der Waals surface area contributed by atoms with Gasteiger partial charge >= 0.3 is 5.97 Å². The minimum atomic E-state index is -1.19. The molecule has 4 heteroatoms. The van der Waals surface area contributed by atoms with Crippen LogP contribution in [0.2, 0.25) is 0 Å². The molecule has 48 valence electrons. The van der Waals surface area contributed by atoms with Gasteiger partial charge in [-0.25, -0.2) is 4.79 Å². The molecule has 0 saturated carbocycles. The first kappa shape index (κ1) is 7.39. The molecule has 4 nitrogen and oxygen atoms in total. The van der Waals surface area contributed by atoms with Crippen LogP contribution in [0.3, 0.4) is 0 Å². The average Bonchev–Trinajstić information content (AvgIpc) is 2.48. The lowest BCUT2D eigenvalue weighted by molar-refractivity contribution is -0.140. The van der Waals surface area contributed by atoms with Crippen LogP contribution < -0.4 is 0 Å². The van der Waals surface area contributed by atoms with Crippen molar-refractivity contribution in [1.82, 2.24) is 0 Å². The molecule has 0 aromatic rings. The fraction of sp³-hybridized carbons (Fsp3) is 0.750. The lowest BCUT2D eigenvalue weighted by atomic mass is 10.8. The lowest BCUT2D eigenvalue weighted by Gasteiger charge is -1.72. The first-order valence-corrected chi connectivity index (χ1v) is 2.17. The van der Waals surface area contributed by atoms with Gasteiger partial charge in [0.05, 0.1) is 13.2 Å². The van der Waals surface area contributed by atoms with E-state index in [2.05, 4.69) is 4.74 Å². The van der Waals surface area contributed by atoms with Gasteiger partial charge in [-0.05, 0) is 0 Å². The molecule has 0 aromatic heterocycles. The Hall–Kier alpha value is -0.610. The average molecular weight is 120 g/mol. The van der Waals surface area contributed by atoms with E-state index in [4.69, 9.17) is 15.0 Å². The number of carbonyl (C=O) groups is 1. The Kier molecular flexibility index (Phi) is 4.20. The van der Waals surface area contributed by atoms with E-state index in [0.29, 0.717) is 0 Å². The molecular weight excluding hydrogens is 112 g/mol. The Balaban J connectivity index is 0.000000135. The second-order valence-electron chi connectivity index (χ2n) is 1.16. The Morgan fingerprint density at radius 3 is 1.88 bits per heavy atom. The van der Waals surface area contributed by atoms with Crippen LogP contribution in [-0.2, 0) is 9.53 Å². The van der Waals surface area contributed by atoms with E-state index < -0.39 is 12.6 Å². The third-order valence-electron chi connectivity index (χ3n) is 0.339. The molecule has 0 amide bonds. The quantitative estimate of drug-likeness (QED) is 0.439. The zero-order valence-corrected chi connectivity index (χ0v) is 4.33. The van der Waals surface area contributed by atoms with Gasteiger partial charge in [0.25, 0.3) is 0 Å². The summed E-state index contributed by atoms with van der Waals surface area (Å²) < 4.78 is 4.50. The van der Waals surface area contributed by atoms with Crippen molar-refractivity contribution in [3.63, 3.8) is 0 Å². The van der Waals surface area contributed by atoms with Gasteiger partial charge < -0.3 is 14.9 Å². The largest absolute Gasteiger partial charge is 0.480 e. The highest BCUT2D eigenvalue weighted by Crippen LogP contribution is 1.84. The summed E-state index contributed by atoms with van der Waals surface area (Å²) in [6.45, 7) is 1.22. The van der Waals surface area contributed by atoms with E-state index in [1.165, 1.54) is 0 Å². The van der Waals surface area contributed by atoms with Crippen molar-refractivity contribution in [1.29, 1.82) is 0 Å². The molecule has 1 aliphatic rings. The van der Waals surface area contributed by atoms with Gasteiger partial charge in [0.15, 0.2) is 0 Å². The number of hydrogen-bond acceptors (Lipinski definition) is 3. The maximum atomic E-state index is 9.12. The monoisotopic (exact) mass is 120 g/mol. The van der Waals surface area contributed by atoms with Crippen molar-refractivity contribution in [2.75, 3.05) is 19.8 Å². The van der Waals surface area contributed by atoms with Gasteiger partial charge in [-0.3, -0.25) is 0 Å². The fourth-order valence-electron chi connectivity index (χ4n) is 0. The summed E-state index contributed by atoms with van der Waals surface area (Å²) in [7, 11) is 0. The molecule has 0 bridgehead atoms. The molecule has 0 atom stereocenters. The van der Waals surface area contributed by atoms with Gasteiger partial charge in [-0.2, -0.15) is 0 Å². The van der Waals surface area contributed by atoms with Crippen molar-refractivity contribution in [3.8, 4) is 0 Å². The van der Waals surface area contributed by atoms with Crippen molar-refractivity contribution in [3.05, 3.63) is 0 Å². The number of aliphatic carboxylic acids is 1. The minimum Gasteiger partial charge on any atom is -0.480 e. The maximum Gasteiger partial charge on any atom is 0.329 e. The van der Waals surface area contributed by atoms with Crippen LogP contribution in [0.25, 0.3) is 0 Å². The topological polar surface area (TPSA) is 70.1 Å². The van der Waals surface area contributed by atoms with E-state index in [9.17, 15) is 0 Å². The lowest BCUT2D eigenvalue weighted by Crippen LogP contribution is -1.98. The summed E-state index contributed by atoms with van der Waals surface area (Å²) in [6.07, 6.45) is 0. The van der Waals surface area contributed by atoms with Gasteiger partial charge in [0.1, 0.15) is 6.61 Å². The predicted molar refractivity (Wildman–Crippen MR) is 25.5 cm³/mol. The molecule has 0 unspecified atom stereocenters. The zero-order valence-electron chi connectivity index (χ0n) is 4.33. The second-order valence-corrected chi connectivity index (χ2v) is 1.16. The molecule has 1 saturated heterocycles. The van der Waals surface area contributed by atoms with Crippen LogP contribution in [0.4, 0.5) is 0 Å². The summed E-state index contributed by atoms with van der Waals surface area (Å²) in [5.41, 5.74) is 0. The smallest absolute Gasteiger partial charge is 0.329 e. The minimum absolute atomic E-state index is 0.778. The van der Waals surface area contributed by atoms with Gasteiger partial charge in [-0.1, -0.05) is 0 Å². The van der Waals surface area contributed by atoms with E-state index in [0.717, 1.165) is 13.2 Å². The van der Waals surface area contributed by atoms with Crippen LogP contribution in [0.15, 0.2) is 0 Å². The van der Waals surface area contributed by atoms with E-state index in [-0.39, 0.29) is 0 Å². The maximum absolute atomic E-state index is 9.12. The molecular formula is C4H8O4. The molecule has 0 aliphatic carbocycles. The summed E-state index contributed by atoms with van der Waals surface area (Å²) in [5, 5.41) is 15.0. The number of aliphatic hydroxyl groups excluding tert-OH is 1. The molecule has 2 N–H and O–H groups in total. The first-order chi connectivity index (χ1) is 3.77. The van der Waals surface area contributed by atoms with Crippen molar-refractivity contribution >= 4 is 5.97 Å². The van der Waals surface area contributed by atoms with E-state index >= 15 is 0 Å². The molecule has 1 rings (SSSR count). The van der Waals surface area contributed by atoms with Crippen LogP contribution in [0.1, 0.15) is 0 Å². The van der Waals surface area contributed by atoms with Crippen LogP contribution in [-0.4, -0.2) is 36.0 Å². The molecule has 1 fully saturated rings. The molecule has 0 spiro atoms. The Morgan fingerprint density at radius 2 is 1.88 bits per heavy atom. The normalized spacial score (nSPS) is 13.6. The number of carboxylic acids is 1. The fourth-order valence-corrected chi connectivity index (χ4v) is 0. The van der Waals surface area contributed by atoms with Crippen LogP contribution >= 0.6 is 0 Å². The SMILES string of the molecule is C1CO1.O=C(O)CO. The highest BCUT2D eigenvalue weighted by Gasteiger charge is 1.94. The first-order valence-electron chi connectivity index (χ1n) is 2.17. The molecule has 1 heterocycles. The number of hydrogen-bond donors (Lipinski definition) is 2. The summed E-state index contributed by atoms with van der Waals surface area (Å²) >= 11 is 0. The van der Waals surface area contributed by atoms with E-state index in [1.807, 2.05) is 0 Å². The predicted octanol–water partition coefficient (Wildman–Crippen LogP) is -0.920. The summed E-state index contributed by atoms with van der Waals surface area (Å²) in [4.78, 5) is 9.12. The Labute approximate surface area is 46.7 Å². The van der Waals surface area contributed by atoms with Crippen LogP contribution in [0.5, 0.6) is 0 Å². The zero-order chi connectivity index (χ0) is 6.41. The second kappa shape index (κ2) is 4.55. The van der Waals surface area contributed by atoms with Crippen LogP contribution in [0, 0.1) is 0 Å². The van der Waals surface area contributed by atoms with Gasteiger partial charge in [0, 0.05) is 0 Å². The Morgan fingerprint density at radius 1 is 1.62 bits per heavy atom. The Bertz CT molecular complexity index is 65.7. The molecule has 8 heavy (non-hydrogen) atoms. The molecule has 1 aliphatic heterocycles. The van der Waals surface area contributed by atoms with Crippen molar-refractivity contribution in [2.24, 2.45) is 0 Å². The number of epoxide rings is 1. The summed E-state index contributed by atoms with van der Waals surface area (Å²) in [5.74, 6) is -1.19. The highest BCUT2D eigenvalue weighted by molar-refractivity contribution is 5.67. The summed E-state index contributed by atoms with van der Waals surface area (Å²) in [6, 6.07) is 0. The van der Waals surface area contributed by atoms with Gasteiger partial charge in [0.2, 0.25) is 0 Å². The van der Waals surface area contributed by atoms with Crippen molar-refractivity contribution < 1.29 is 19.7 Å². The third-order valence-corrected chi connectivity index (χ3v) is 0.339. The molecule has 0 aromatic carbocycles. The standard InChI is InChI=1S/C2H4O3.C2H4O/c3-1-2(4)5;1-2-3-1/h3H,1H2,(H,4,5);1-2H2.